The van der Waals surface area contributed by atoms with Gasteiger partial charge in [0.2, 0.25) is 0 Å². The highest BCUT2D eigenvalue weighted by atomic mass is 19.4. The van der Waals surface area contributed by atoms with Crippen LogP contribution in [-0.4, -0.2) is 43.1 Å². The first kappa shape index (κ1) is 20.0. The first-order valence-electron chi connectivity index (χ1n) is 9.23. The number of carbonyl (C=O) groups is 1. The molecule has 0 N–H and O–H groups in total. The summed E-state index contributed by atoms with van der Waals surface area (Å²) in [5.41, 5.74) is 0.359. The minimum atomic E-state index is -4.37. The number of alkyl halides is 3. The standard InChI is InChI=1S/C21H23F3N2O2/c1-15(2)28-19-9-4-3-8-18(19)20(27)26-12-10-25(11-13-26)17-7-5-6-16(14-17)21(22,23)24/h3-9,14-15H,10-13H2,1-2H3. The molecule has 0 saturated carbocycles. The Balaban J connectivity index is 1.69. The molecule has 0 aliphatic carbocycles. The summed E-state index contributed by atoms with van der Waals surface area (Å²) < 4.78 is 44.5. The molecule has 28 heavy (non-hydrogen) atoms. The molecule has 1 aliphatic heterocycles. The van der Waals surface area contributed by atoms with Gasteiger partial charge in [0.25, 0.3) is 5.91 Å². The molecule has 1 saturated heterocycles. The number of nitrogens with zero attached hydrogens (tertiary/aromatic N) is 2. The maximum Gasteiger partial charge on any atom is 0.416 e. The van der Waals surface area contributed by atoms with E-state index in [0.717, 1.165) is 12.1 Å². The lowest BCUT2D eigenvalue weighted by atomic mass is 10.1. The predicted octanol–water partition coefficient (Wildman–Crippen LogP) is 4.46. The van der Waals surface area contributed by atoms with Crippen LogP contribution < -0.4 is 9.64 Å². The van der Waals surface area contributed by atoms with Crippen LogP contribution in [0.4, 0.5) is 18.9 Å². The highest BCUT2D eigenvalue weighted by Gasteiger charge is 2.31. The minimum Gasteiger partial charge on any atom is -0.490 e. The molecule has 0 bridgehead atoms. The Bertz CT molecular complexity index is 828. The zero-order chi connectivity index (χ0) is 20.3. The Labute approximate surface area is 162 Å². The van der Waals surface area contributed by atoms with E-state index >= 15 is 0 Å². The van der Waals surface area contributed by atoms with E-state index in [2.05, 4.69) is 0 Å². The second-order valence-electron chi connectivity index (χ2n) is 6.99. The molecular formula is C21H23F3N2O2. The number of rotatable bonds is 4. The van der Waals surface area contributed by atoms with E-state index < -0.39 is 11.7 Å². The average molecular weight is 392 g/mol. The first-order chi connectivity index (χ1) is 13.3. The molecule has 3 rings (SSSR count). The van der Waals surface area contributed by atoms with Crippen LogP contribution in [-0.2, 0) is 6.18 Å². The molecule has 1 aliphatic rings. The van der Waals surface area contributed by atoms with Crippen molar-refractivity contribution in [2.45, 2.75) is 26.1 Å². The van der Waals surface area contributed by atoms with Crippen LogP contribution in [0.1, 0.15) is 29.8 Å². The second kappa shape index (κ2) is 8.12. The van der Waals surface area contributed by atoms with Crippen LogP contribution in [0.25, 0.3) is 0 Å². The molecule has 1 fully saturated rings. The monoisotopic (exact) mass is 392 g/mol. The molecule has 1 heterocycles. The third-order valence-corrected chi connectivity index (χ3v) is 4.59. The van der Waals surface area contributed by atoms with Crippen molar-refractivity contribution >= 4 is 11.6 Å². The molecule has 150 valence electrons. The number of piperazine rings is 1. The number of anilines is 1. The van der Waals surface area contributed by atoms with Gasteiger partial charge in [-0.1, -0.05) is 18.2 Å². The van der Waals surface area contributed by atoms with Crippen molar-refractivity contribution in [2.24, 2.45) is 0 Å². The highest BCUT2D eigenvalue weighted by molar-refractivity contribution is 5.97. The Morgan fingerprint density at radius 2 is 1.68 bits per heavy atom. The molecular weight excluding hydrogens is 369 g/mol. The number of carbonyl (C=O) groups excluding carboxylic acids is 1. The molecule has 0 unspecified atom stereocenters. The minimum absolute atomic E-state index is 0.0493. The van der Waals surface area contributed by atoms with Gasteiger partial charge >= 0.3 is 6.18 Å². The van der Waals surface area contributed by atoms with E-state index in [9.17, 15) is 18.0 Å². The summed E-state index contributed by atoms with van der Waals surface area (Å²) in [4.78, 5) is 16.5. The summed E-state index contributed by atoms with van der Waals surface area (Å²) in [5.74, 6) is 0.419. The van der Waals surface area contributed by atoms with Crippen molar-refractivity contribution in [1.82, 2.24) is 4.90 Å². The molecule has 0 atom stereocenters. The number of para-hydroxylation sites is 1. The number of ether oxygens (including phenoxy) is 1. The highest BCUT2D eigenvalue weighted by Crippen LogP contribution is 2.32. The number of benzene rings is 2. The van der Waals surface area contributed by atoms with Gasteiger partial charge in [-0.25, -0.2) is 0 Å². The van der Waals surface area contributed by atoms with Gasteiger partial charge in [0, 0.05) is 31.9 Å². The van der Waals surface area contributed by atoms with Crippen LogP contribution in [0.5, 0.6) is 5.75 Å². The number of hydrogen-bond donors (Lipinski definition) is 0. The lowest BCUT2D eigenvalue weighted by Gasteiger charge is -2.36. The fraction of sp³-hybridized carbons (Fsp3) is 0.381. The molecule has 4 nitrogen and oxygen atoms in total. The molecule has 0 radical (unpaired) electrons. The molecule has 0 aromatic heterocycles. The van der Waals surface area contributed by atoms with Gasteiger partial charge in [0.05, 0.1) is 17.2 Å². The van der Waals surface area contributed by atoms with E-state index in [1.807, 2.05) is 24.8 Å². The summed E-state index contributed by atoms with van der Waals surface area (Å²) in [5, 5.41) is 0. The fourth-order valence-electron chi connectivity index (χ4n) is 3.22. The zero-order valence-electron chi connectivity index (χ0n) is 15.9. The molecule has 2 aromatic rings. The predicted molar refractivity (Wildman–Crippen MR) is 102 cm³/mol. The van der Waals surface area contributed by atoms with Crippen LogP contribution >= 0.6 is 0 Å². The normalized spacial score (nSPS) is 15.1. The largest absolute Gasteiger partial charge is 0.490 e. The summed E-state index contributed by atoms with van der Waals surface area (Å²) in [6.45, 7) is 5.61. The van der Waals surface area contributed by atoms with Crippen molar-refractivity contribution in [2.75, 3.05) is 31.1 Å². The van der Waals surface area contributed by atoms with Gasteiger partial charge in [0.1, 0.15) is 5.75 Å². The van der Waals surface area contributed by atoms with Gasteiger partial charge < -0.3 is 14.5 Å². The Morgan fingerprint density at radius 3 is 2.32 bits per heavy atom. The van der Waals surface area contributed by atoms with Crippen molar-refractivity contribution in [3.63, 3.8) is 0 Å². The van der Waals surface area contributed by atoms with Gasteiger partial charge in [-0.3, -0.25) is 4.79 Å². The smallest absolute Gasteiger partial charge is 0.416 e. The van der Waals surface area contributed by atoms with E-state index in [-0.39, 0.29) is 12.0 Å². The van der Waals surface area contributed by atoms with E-state index in [0.29, 0.717) is 43.2 Å². The number of halogens is 3. The molecule has 0 spiro atoms. The first-order valence-corrected chi connectivity index (χ1v) is 9.23. The summed E-state index contributed by atoms with van der Waals surface area (Å²) >= 11 is 0. The average Bonchev–Trinajstić information content (AvgIpc) is 2.67. The van der Waals surface area contributed by atoms with Crippen LogP contribution in [0.3, 0.4) is 0 Å². The lowest BCUT2D eigenvalue weighted by Crippen LogP contribution is -2.49. The van der Waals surface area contributed by atoms with Crippen molar-refractivity contribution in [1.29, 1.82) is 0 Å². The van der Waals surface area contributed by atoms with Gasteiger partial charge in [-0.15, -0.1) is 0 Å². The topological polar surface area (TPSA) is 32.8 Å². The Kier molecular flexibility index (Phi) is 5.82. The van der Waals surface area contributed by atoms with E-state index in [4.69, 9.17) is 4.74 Å². The van der Waals surface area contributed by atoms with Crippen molar-refractivity contribution in [3.8, 4) is 5.75 Å². The third-order valence-electron chi connectivity index (χ3n) is 4.59. The van der Waals surface area contributed by atoms with Crippen molar-refractivity contribution in [3.05, 3.63) is 59.7 Å². The molecule has 7 heteroatoms. The summed E-state index contributed by atoms with van der Waals surface area (Å²) in [6, 6.07) is 12.4. The number of amides is 1. The fourth-order valence-corrected chi connectivity index (χ4v) is 3.22. The van der Waals surface area contributed by atoms with E-state index in [1.54, 1.807) is 29.2 Å². The van der Waals surface area contributed by atoms with Crippen LogP contribution in [0.15, 0.2) is 48.5 Å². The summed E-state index contributed by atoms with van der Waals surface area (Å²) in [7, 11) is 0. The van der Waals surface area contributed by atoms with E-state index in [1.165, 1.54) is 6.07 Å². The van der Waals surface area contributed by atoms with Crippen LogP contribution in [0.2, 0.25) is 0 Å². The third kappa shape index (κ3) is 4.58. The Hall–Kier alpha value is -2.70. The maximum atomic E-state index is 12.9. The molecule has 1 amide bonds. The van der Waals surface area contributed by atoms with Gasteiger partial charge in [-0.2, -0.15) is 13.2 Å². The number of hydrogen-bond acceptors (Lipinski definition) is 3. The van der Waals surface area contributed by atoms with Gasteiger partial charge in [0.15, 0.2) is 0 Å². The van der Waals surface area contributed by atoms with Crippen molar-refractivity contribution < 1.29 is 22.7 Å². The zero-order valence-corrected chi connectivity index (χ0v) is 15.9. The SMILES string of the molecule is CC(C)Oc1ccccc1C(=O)N1CCN(c2cccc(C(F)(F)F)c2)CC1. The quantitative estimate of drug-likeness (QED) is 0.771. The second-order valence-corrected chi connectivity index (χ2v) is 6.99. The van der Waals surface area contributed by atoms with Gasteiger partial charge in [-0.05, 0) is 44.2 Å². The lowest BCUT2D eigenvalue weighted by molar-refractivity contribution is -0.137. The summed E-state index contributed by atoms with van der Waals surface area (Å²) in [6.07, 6.45) is -4.42. The maximum absolute atomic E-state index is 12.9. The molecule has 2 aromatic carbocycles. The Morgan fingerprint density at radius 1 is 1.00 bits per heavy atom. The van der Waals surface area contributed by atoms with Crippen LogP contribution in [0, 0.1) is 0 Å².